The normalized spacial score (nSPS) is 11.6. The van der Waals surface area contributed by atoms with E-state index in [1.165, 1.54) is 0 Å². The Kier molecular flexibility index (Phi) is 6.51. The molecule has 2 aromatic carbocycles. The molecule has 0 amide bonds. The van der Waals surface area contributed by atoms with Crippen molar-refractivity contribution in [1.82, 2.24) is 0 Å². The molecule has 0 radical (unpaired) electrons. The molecule has 126 valence electrons. The molecule has 1 N–H and O–H groups in total. The molecule has 0 aromatic heterocycles. The van der Waals surface area contributed by atoms with Gasteiger partial charge in [0.2, 0.25) is 0 Å². The van der Waals surface area contributed by atoms with Crippen molar-refractivity contribution < 1.29 is 24.2 Å². The van der Waals surface area contributed by atoms with Gasteiger partial charge in [-0.05, 0) is 31.2 Å². The molecule has 2 rings (SSSR count). The van der Waals surface area contributed by atoms with E-state index in [4.69, 9.17) is 9.47 Å². The standard InChI is InChI=1S/C19H20O5/c1-2-23-18(21)12-16(20)13-24-17-10-8-15(9-11-17)19(22)14-6-4-3-5-7-14/h3-11,16,20H,2,12-13H2,1H3/t16-/m0/s1. The number of rotatable bonds is 8. The van der Waals surface area contributed by atoms with Crippen molar-refractivity contribution in [3.63, 3.8) is 0 Å². The van der Waals surface area contributed by atoms with Crippen molar-refractivity contribution in [2.24, 2.45) is 0 Å². The molecule has 24 heavy (non-hydrogen) atoms. The minimum Gasteiger partial charge on any atom is -0.491 e. The van der Waals surface area contributed by atoms with Crippen molar-refractivity contribution in [2.45, 2.75) is 19.4 Å². The van der Waals surface area contributed by atoms with E-state index in [-0.39, 0.29) is 25.4 Å². The summed E-state index contributed by atoms with van der Waals surface area (Å²) in [4.78, 5) is 23.5. The second-order valence-corrected chi connectivity index (χ2v) is 5.19. The van der Waals surface area contributed by atoms with E-state index in [1.807, 2.05) is 18.2 Å². The van der Waals surface area contributed by atoms with Gasteiger partial charge in [0.1, 0.15) is 12.4 Å². The Hall–Kier alpha value is -2.66. The number of carbonyl (C=O) groups is 2. The predicted molar refractivity (Wildman–Crippen MR) is 89.1 cm³/mol. The summed E-state index contributed by atoms with van der Waals surface area (Å²) in [5.74, 6) is -0.00979. The van der Waals surface area contributed by atoms with E-state index in [2.05, 4.69) is 0 Å². The molecule has 0 aliphatic rings. The molecule has 5 nitrogen and oxygen atoms in total. The van der Waals surface area contributed by atoms with Crippen LogP contribution in [0.5, 0.6) is 5.75 Å². The number of esters is 1. The molecule has 0 unspecified atom stereocenters. The van der Waals surface area contributed by atoms with Crippen LogP contribution in [0.1, 0.15) is 29.3 Å². The molecule has 0 saturated heterocycles. The maximum Gasteiger partial charge on any atom is 0.308 e. The first-order chi connectivity index (χ1) is 11.6. The van der Waals surface area contributed by atoms with Crippen LogP contribution in [0, 0.1) is 0 Å². The summed E-state index contributed by atoms with van der Waals surface area (Å²) in [6, 6.07) is 15.7. The zero-order valence-corrected chi connectivity index (χ0v) is 13.5. The third kappa shape index (κ3) is 5.21. The summed E-state index contributed by atoms with van der Waals surface area (Å²) in [5, 5.41) is 9.72. The van der Waals surface area contributed by atoms with Crippen LogP contribution >= 0.6 is 0 Å². The number of ketones is 1. The SMILES string of the molecule is CCOC(=O)C[C@H](O)COc1ccc(C(=O)c2ccccc2)cc1. The van der Waals surface area contributed by atoms with Crippen LogP contribution in [0.4, 0.5) is 0 Å². The Bertz CT molecular complexity index is 664. The summed E-state index contributed by atoms with van der Waals surface area (Å²) in [6.07, 6.45) is -1.05. The highest BCUT2D eigenvalue weighted by molar-refractivity contribution is 6.08. The topological polar surface area (TPSA) is 72.8 Å². The molecule has 0 fully saturated rings. The smallest absolute Gasteiger partial charge is 0.308 e. The van der Waals surface area contributed by atoms with Crippen molar-refractivity contribution >= 4 is 11.8 Å². The van der Waals surface area contributed by atoms with E-state index >= 15 is 0 Å². The first-order valence-corrected chi connectivity index (χ1v) is 7.76. The van der Waals surface area contributed by atoms with Crippen LogP contribution in [0.25, 0.3) is 0 Å². The number of ether oxygens (including phenoxy) is 2. The van der Waals surface area contributed by atoms with Gasteiger partial charge in [0, 0.05) is 11.1 Å². The van der Waals surface area contributed by atoms with Gasteiger partial charge >= 0.3 is 5.97 Å². The van der Waals surface area contributed by atoms with Crippen LogP contribution in [0.15, 0.2) is 54.6 Å². The largest absolute Gasteiger partial charge is 0.491 e. The fourth-order valence-corrected chi connectivity index (χ4v) is 2.12. The zero-order valence-electron chi connectivity index (χ0n) is 13.5. The van der Waals surface area contributed by atoms with Crippen molar-refractivity contribution in [1.29, 1.82) is 0 Å². The molecule has 1 atom stereocenters. The number of hydrogen-bond donors (Lipinski definition) is 1. The average Bonchev–Trinajstić information content (AvgIpc) is 2.61. The van der Waals surface area contributed by atoms with E-state index < -0.39 is 12.1 Å². The van der Waals surface area contributed by atoms with Gasteiger partial charge in [-0.3, -0.25) is 9.59 Å². The predicted octanol–water partition coefficient (Wildman–Crippen LogP) is 2.61. The Balaban J connectivity index is 1.88. The Morgan fingerprint density at radius 2 is 1.62 bits per heavy atom. The van der Waals surface area contributed by atoms with Crippen molar-refractivity contribution in [3.05, 3.63) is 65.7 Å². The van der Waals surface area contributed by atoms with Crippen LogP contribution < -0.4 is 4.74 Å². The fraction of sp³-hybridized carbons (Fsp3) is 0.263. The van der Waals surface area contributed by atoms with Gasteiger partial charge in [-0.15, -0.1) is 0 Å². The van der Waals surface area contributed by atoms with Gasteiger partial charge in [-0.25, -0.2) is 0 Å². The zero-order chi connectivity index (χ0) is 17.4. The highest BCUT2D eigenvalue weighted by Gasteiger charge is 2.13. The summed E-state index contributed by atoms with van der Waals surface area (Å²) in [5.41, 5.74) is 1.18. The van der Waals surface area contributed by atoms with Crippen LogP contribution in [-0.2, 0) is 9.53 Å². The van der Waals surface area contributed by atoms with Gasteiger partial charge in [-0.2, -0.15) is 0 Å². The minimum absolute atomic E-state index is 0.0230. The first kappa shape index (κ1) is 17.7. The molecule has 0 heterocycles. The number of carbonyl (C=O) groups excluding carboxylic acids is 2. The maximum absolute atomic E-state index is 12.3. The Morgan fingerprint density at radius 3 is 2.25 bits per heavy atom. The molecular weight excluding hydrogens is 308 g/mol. The third-order valence-corrected chi connectivity index (χ3v) is 3.30. The number of aliphatic hydroxyl groups is 1. The number of benzene rings is 2. The van der Waals surface area contributed by atoms with E-state index in [0.29, 0.717) is 16.9 Å². The lowest BCUT2D eigenvalue weighted by Gasteiger charge is -2.12. The second kappa shape index (κ2) is 8.84. The molecule has 0 aliphatic heterocycles. The van der Waals surface area contributed by atoms with E-state index in [0.717, 1.165) is 0 Å². The van der Waals surface area contributed by atoms with Gasteiger partial charge < -0.3 is 14.6 Å². The summed E-state index contributed by atoms with van der Waals surface area (Å²) in [6.45, 7) is 1.97. The summed E-state index contributed by atoms with van der Waals surface area (Å²) in [7, 11) is 0. The van der Waals surface area contributed by atoms with Gasteiger partial charge in [0.15, 0.2) is 5.78 Å². The lowest BCUT2D eigenvalue weighted by molar-refractivity contribution is -0.145. The monoisotopic (exact) mass is 328 g/mol. The molecule has 5 heteroatoms. The quantitative estimate of drug-likeness (QED) is 0.596. The first-order valence-electron chi connectivity index (χ1n) is 7.76. The van der Waals surface area contributed by atoms with Crippen LogP contribution in [0.3, 0.4) is 0 Å². The lowest BCUT2D eigenvalue weighted by Crippen LogP contribution is -2.22. The highest BCUT2D eigenvalue weighted by atomic mass is 16.5. The van der Waals surface area contributed by atoms with Gasteiger partial charge in [-0.1, -0.05) is 30.3 Å². The fourth-order valence-electron chi connectivity index (χ4n) is 2.12. The summed E-state index contributed by atoms with van der Waals surface area (Å²) >= 11 is 0. The molecular formula is C19H20O5. The van der Waals surface area contributed by atoms with Crippen molar-refractivity contribution in [3.8, 4) is 5.75 Å². The molecule has 0 spiro atoms. The minimum atomic E-state index is -0.935. The second-order valence-electron chi connectivity index (χ2n) is 5.19. The molecule has 2 aromatic rings. The van der Waals surface area contributed by atoms with Gasteiger partial charge in [0.25, 0.3) is 0 Å². The molecule has 0 aliphatic carbocycles. The maximum atomic E-state index is 12.3. The number of aliphatic hydroxyl groups excluding tert-OH is 1. The van der Waals surface area contributed by atoms with E-state index in [9.17, 15) is 14.7 Å². The molecule has 0 bridgehead atoms. The van der Waals surface area contributed by atoms with Crippen LogP contribution in [0.2, 0.25) is 0 Å². The average molecular weight is 328 g/mol. The van der Waals surface area contributed by atoms with Crippen LogP contribution in [-0.4, -0.2) is 36.2 Å². The van der Waals surface area contributed by atoms with Gasteiger partial charge in [0.05, 0.1) is 19.1 Å². The molecule has 0 saturated carbocycles. The Labute approximate surface area is 140 Å². The Morgan fingerprint density at radius 1 is 1.00 bits per heavy atom. The number of hydrogen-bond acceptors (Lipinski definition) is 5. The summed E-state index contributed by atoms with van der Waals surface area (Å²) < 4.78 is 10.2. The van der Waals surface area contributed by atoms with E-state index in [1.54, 1.807) is 43.3 Å². The lowest BCUT2D eigenvalue weighted by atomic mass is 10.0. The highest BCUT2D eigenvalue weighted by Crippen LogP contribution is 2.16. The van der Waals surface area contributed by atoms with Crippen molar-refractivity contribution in [2.75, 3.05) is 13.2 Å². The third-order valence-electron chi connectivity index (χ3n) is 3.30.